The zero-order valence-electron chi connectivity index (χ0n) is 11.3. The third-order valence-electron chi connectivity index (χ3n) is 3.61. The van der Waals surface area contributed by atoms with E-state index in [1.54, 1.807) is 12.1 Å². The first-order chi connectivity index (χ1) is 9.80. The zero-order chi connectivity index (χ0) is 13.8. The third-order valence-corrected chi connectivity index (χ3v) is 3.61. The van der Waals surface area contributed by atoms with Gasteiger partial charge in [0.2, 0.25) is 5.76 Å². The molecule has 2 fully saturated rings. The van der Waals surface area contributed by atoms with Crippen molar-refractivity contribution in [1.29, 1.82) is 5.26 Å². The first kappa shape index (κ1) is 13.6. The fourth-order valence-corrected chi connectivity index (χ4v) is 2.55. The van der Waals surface area contributed by atoms with Gasteiger partial charge in [-0.1, -0.05) is 0 Å². The van der Waals surface area contributed by atoms with Gasteiger partial charge in [0.15, 0.2) is 5.79 Å². The Kier molecular flexibility index (Phi) is 4.03. The average Bonchev–Trinajstić information content (AvgIpc) is 3.08. The lowest BCUT2D eigenvalue weighted by molar-refractivity contribution is -0.210. The summed E-state index contributed by atoms with van der Waals surface area (Å²) < 4.78 is 22.4. The second-order valence-corrected chi connectivity index (χ2v) is 5.08. The van der Waals surface area contributed by atoms with Crippen LogP contribution >= 0.6 is 0 Å². The fourth-order valence-electron chi connectivity index (χ4n) is 2.55. The van der Waals surface area contributed by atoms with E-state index in [2.05, 4.69) is 5.32 Å². The Bertz CT molecular complexity index is 488. The molecule has 1 spiro atoms. The van der Waals surface area contributed by atoms with Crippen molar-refractivity contribution in [1.82, 2.24) is 5.32 Å². The Morgan fingerprint density at radius 1 is 1.35 bits per heavy atom. The largest absolute Gasteiger partial charge is 0.449 e. The fraction of sp³-hybridized carbons (Fsp3) is 0.643. The van der Waals surface area contributed by atoms with E-state index >= 15 is 0 Å². The average molecular weight is 278 g/mol. The Labute approximate surface area is 117 Å². The zero-order valence-corrected chi connectivity index (χ0v) is 11.3. The van der Waals surface area contributed by atoms with Gasteiger partial charge in [-0.15, -0.1) is 0 Å². The number of nitrogens with one attached hydrogen (secondary N) is 1. The predicted octanol–water partition coefficient (Wildman–Crippen LogP) is 1.16. The Morgan fingerprint density at radius 3 is 2.95 bits per heavy atom. The molecule has 3 rings (SSSR count). The van der Waals surface area contributed by atoms with Crippen LogP contribution in [0.2, 0.25) is 0 Å². The van der Waals surface area contributed by atoms with Crippen molar-refractivity contribution in [2.75, 3.05) is 26.4 Å². The van der Waals surface area contributed by atoms with E-state index in [1.165, 1.54) is 0 Å². The van der Waals surface area contributed by atoms with Gasteiger partial charge in [-0.2, -0.15) is 5.26 Å². The Hall–Kier alpha value is -1.39. The molecule has 2 saturated heterocycles. The smallest absolute Gasteiger partial charge is 0.203 e. The molecule has 2 aliphatic heterocycles. The van der Waals surface area contributed by atoms with Crippen LogP contribution in [-0.2, 0) is 20.8 Å². The molecular formula is C14H18N2O4. The molecular weight excluding hydrogens is 260 g/mol. The van der Waals surface area contributed by atoms with Gasteiger partial charge in [0.05, 0.1) is 32.5 Å². The Morgan fingerprint density at radius 2 is 2.20 bits per heavy atom. The number of hydrogen-bond acceptors (Lipinski definition) is 6. The quantitative estimate of drug-likeness (QED) is 0.890. The van der Waals surface area contributed by atoms with Gasteiger partial charge in [0.25, 0.3) is 0 Å². The second kappa shape index (κ2) is 5.94. The standard InChI is InChI=1S/C14H18N2O4/c15-7-11-1-2-12(19-11)8-16-9-13-10-18-14(20-13)3-5-17-6-4-14/h1-2,13,16H,3-6,8-10H2/t13-/m0/s1. The van der Waals surface area contributed by atoms with Gasteiger partial charge in [0.1, 0.15) is 11.8 Å². The molecule has 0 radical (unpaired) electrons. The van der Waals surface area contributed by atoms with Crippen LogP contribution in [0.1, 0.15) is 24.4 Å². The van der Waals surface area contributed by atoms with E-state index in [1.807, 2.05) is 6.07 Å². The highest BCUT2D eigenvalue weighted by Crippen LogP contribution is 2.32. The molecule has 0 aromatic carbocycles. The van der Waals surface area contributed by atoms with Crippen LogP contribution in [0.25, 0.3) is 0 Å². The van der Waals surface area contributed by atoms with Crippen molar-refractivity contribution in [2.45, 2.75) is 31.3 Å². The molecule has 3 heterocycles. The number of hydrogen-bond donors (Lipinski definition) is 1. The first-order valence-corrected chi connectivity index (χ1v) is 6.89. The normalized spacial score (nSPS) is 24.9. The Balaban J connectivity index is 1.42. The molecule has 0 bridgehead atoms. The number of furan rings is 1. The summed E-state index contributed by atoms with van der Waals surface area (Å²) in [6.07, 6.45) is 1.65. The summed E-state index contributed by atoms with van der Waals surface area (Å²) in [5.41, 5.74) is 0. The molecule has 20 heavy (non-hydrogen) atoms. The SMILES string of the molecule is N#Cc1ccc(CNC[C@H]2COC3(CCOCC3)O2)o1. The highest BCUT2D eigenvalue weighted by atomic mass is 16.7. The van der Waals surface area contributed by atoms with Crippen molar-refractivity contribution in [3.05, 3.63) is 23.7 Å². The molecule has 1 aromatic heterocycles. The summed E-state index contributed by atoms with van der Waals surface area (Å²) in [4.78, 5) is 0. The minimum atomic E-state index is -0.427. The summed E-state index contributed by atoms with van der Waals surface area (Å²) in [5.74, 6) is 0.660. The van der Waals surface area contributed by atoms with Crippen LogP contribution in [0.3, 0.4) is 0 Å². The van der Waals surface area contributed by atoms with Crippen LogP contribution in [-0.4, -0.2) is 38.3 Å². The molecule has 0 saturated carbocycles. The van der Waals surface area contributed by atoms with Crippen LogP contribution in [0.4, 0.5) is 0 Å². The molecule has 0 amide bonds. The van der Waals surface area contributed by atoms with Crippen molar-refractivity contribution < 1.29 is 18.6 Å². The van der Waals surface area contributed by atoms with Crippen LogP contribution < -0.4 is 5.32 Å². The van der Waals surface area contributed by atoms with Gasteiger partial charge in [-0.05, 0) is 12.1 Å². The van der Waals surface area contributed by atoms with E-state index < -0.39 is 5.79 Å². The molecule has 6 nitrogen and oxygen atoms in total. The van der Waals surface area contributed by atoms with Crippen molar-refractivity contribution in [2.24, 2.45) is 0 Å². The maximum absolute atomic E-state index is 8.68. The van der Waals surface area contributed by atoms with E-state index in [0.717, 1.165) is 18.6 Å². The van der Waals surface area contributed by atoms with Gasteiger partial charge >= 0.3 is 0 Å². The van der Waals surface area contributed by atoms with Crippen LogP contribution in [0.5, 0.6) is 0 Å². The third kappa shape index (κ3) is 3.02. The maximum Gasteiger partial charge on any atom is 0.203 e. The lowest BCUT2D eigenvalue weighted by Gasteiger charge is -2.31. The molecule has 0 unspecified atom stereocenters. The molecule has 108 valence electrons. The molecule has 6 heteroatoms. The summed E-state index contributed by atoms with van der Waals surface area (Å²) >= 11 is 0. The van der Waals surface area contributed by atoms with Crippen LogP contribution in [0.15, 0.2) is 16.5 Å². The number of nitriles is 1. The van der Waals surface area contributed by atoms with E-state index in [-0.39, 0.29) is 6.10 Å². The second-order valence-electron chi connectivity index (χ2n) is 5.08. The number of ether oxygens (including phenoxy) is 3. The van der Waals surface area contributed by atoms with Gasteiger partial charge < -0.3 is 23.9 Å². The topological polar surface area (TPSA) is 76.7 Å². The summed E-state index contributed by atoms with van der Waals surface area (Å²) in [5, 5.41) is 11.9. The van der Waals surface area contributed by atoms with Gasteiger partial charge in [-0.25, -0.2) is 0 Å². The highest BCUT2D eigenvalue weighted by Gasteiger charge is 2.42. The van der Waals surface area contributed by atoms with E-state index in [4.69, 9.17) is 23.9 Å². The van der Waals surface area contributed by atoms with E-state index in [0.29, 0.717) is 38.7 Å². The minimum absolute atomic E-state index is 0.0542. The van der Waals surface area contributed by atoms with Crippen molar-refractivity contribution in [3.8, 4) is 6.07 Å². The van der Waals surface area contributed by atoms with E-state index in [9.17, 15) is 0 Å². The van der Waals surface area contributed by atoms with Crippen molar-refractivity contribution in [3.63, 3.8) is 0 Å². The molecule has 0 aliphatic carbocycles. The first-order valence-electron chi connectivity index (χ1n) is 6.89. The molecule has 2 aliphatic rings. The highest BCUT2D eigenvalue weighted by molar-refractivity contribution is 5.18. The summed E-state index contributed by atoms with van der Waals surface area (Å²) in [6.45, 7) is 3.28. The van der Waals surface area contributed by atoms with Crippen LogP contribution in [0, 0.1) is 11.3 Å². The molecule has 1 aromatic rings. The minimum Gasteiger partial charge on any atom is -0.449 e. The number of rotatable bonds is 4. The summed E-state index contributed by atoms with van der Waals surface area (Å²) in [6, 6.07) is 5.44. The lowest BCUT2D eigenvalue weighted by atomic mass is 10.1. The lowest BCUT2D eigenvalue weighted by Crippen LogP contribution is -2.39. The number of nitrogens with zero attached hydrogens (tertiary/aromatic N) is 1. The molecule has 1 atom stereocenters. The monoisotopic (exact) mass is 278 g/mol. The predicted molar refractivity (Wildman–Crippen MR) is 68.7 cm³/mol. The maximum atomic E-state index is 8.68. The van der Waals surface area contributed by atoms with Gasteiger partial charge in [0, 0.05) is 19.4 Å². The molecule has 1 N–H and O–H groups in total. The van der Waals surface area contributed by atoms with Crippen molar-refractivity contribution >= 4 is 0 Å². The summed E-state index contributed by atoms with van der Waals surface area (Å²) in [7, 11) is 0. The van der Waals surface area contributed by atoms with Gasteiger partial charge in [-0.3, -0.25) is 0 Å².